The highest BCUT2D eigenvalue weighted by Gasteiger charge is 2.28. The van der Waals surface area contributed by atoms with E-state index in [9.17, 15) is 4.79 Å². The van der Waals surface area contributed by atoms with Crippen molar-refractivity contribution >= 4 is 22.4 Å². The number of aromatic nitrogens is 1. The van der Waals surface area contributed by atoms with Crippen LogP contribution in [0.15, 0.2) is 23.6 Å². The van der Waals surface area contributed by atoms with Crippen molar-refractivity contribution in [1.29, 1.82) is 0 Å². The lowest BCUT2D eigenvalue weighted by atomic mass is 10.1. The average Bonchev–Trinajstić information content (AvgIpc) is 3.09. The van der Waals surface area contributed by atoms with Gasteiger partial charge in [0.1, 0.15) is 17.5 Å². The lowest BCUT2D eigenvalue weighted by molar-refractivity contribution is -0.123. The van der Waals surface area contributed by atoms with Gasteiger partial charge in [-0.1, -0.05) is 0 Å². The van der Waals surface area contributed by atoms with Gasteiger partial charge in [-0.05, 0) is 25.1 Å². The smallest absolute Gasteiger partial charge is 0.245 e. The van der Waals surface area contributed by atoms with Crippen molar-refractivity contribution in [3.05, 3.63) is 23.6 Å². The van der Waals surface area contributed by atoms with Crippen molar-refractivity contribution in [2.75, 3.05) is 32.7 Å². The maximum Gasteiger partial charge on any atom is 0.245 e. The number of thiazole rings is 1. The first kappa shape index (κ1) is 17.7. The minimum Gasteiger partial charge on any atom is -0.497 e. The summed E-state index contributed by atoms with van der Waals surface area (Å²) in [7, 11) is 3.22. The number of nitrogens with zero attached hydrogens (tertiary/aromatic N) is 1. The molecule has 1 aromatic heterocycles. The zero-order valence-electron chi connectivity index (χ0n) is 14.4. The van der Waals surface area contributed by atoms with Gasteiger partial charge < -0.3 is 24.8 Å². The quantitative estimate of drug-likeness (QED) is 0.847. The van der Waals surface area contributed by atoms with E-state index >= 15 is 0 Å². The first-order chi connectivity index (χ1) is 12.1. The lowest BCUT2D eigenvalue weighted by Crippen LogP contribution is -2.53. The number of carbonyl (C=O) groups excluding carboxylic acids is 1. The summed E-state index contributed by atoms with van der Waals surface area (Å²) < 4.78 is 16.2. The number of benzene rings is 1. The second-order valence-electron chi connectivity index (χ2n) is 5.60. The van der Waals surface area contributed by atoms with E-state index in [0.29, 0.717) is 29.8 Å². The van der Waals surface area contributed by atoms with Crippen LogP contribution in [0, 0.1) is 0 Å². The van der Waals surface area contributed by atoms with Crippen molar-refractivity contribution in [3.63, 3.8) is 0 Å². The molecule has 3 rings (SSSR count). The average molecular weight is 363 g/mol. The molecule has 1 saturated heterocycles. The third-order valence-electron chi connectivity index (χ3n) is 4.02. The van der Waals surface area contributed by atoms with E-state index in [-0.39, 0.29) is 18.1 Å². The van der Waals surface area contributed by atoms with Crippen LogP contribution >= 0.6 is 11.3 Å². The molecule has 25 heavy (non-hydrogen) atoms. The van der Waals surface area contributed by atoms with Crippen molar-refractivity contribution in [1.82, 2.24) is 10.3 Å². The molecule has 1 fully saturated rings. The Balaban J connectivity index is 1.77. The van der Waals surface area contributed by atoms with Crippen LogP contribution in [0.5, 0.6) is 11.5 Å². The Kier molecular flexibility index (Phi) is 5.52. The van der Waals surface area contributed by atoms with Crippen LogP contribution in [0.2, 0.25) is 0 Å². The van der Waals surface area contributed by atoms with E-state index in [1.54, 1.807) is 14.2 Å². The van der Waals surface area contributed by atoms with E-state index in [0.717, 1.165) is 11.3 Å². The van der Waals surface area contributed by atoms with Gasteiger partial charge in [0, 0.05) is 17.5 Å². The first-order valence-corrected chi connectivity index (χ1v) is 8.84. The molecular formula is C17H21N3O4S. The van der Waals surface area contributed by atoms with Gasteiger partial charge >= 0.3 is 0 Å². The second kappa shape index (κ2) is 7.81. The zero-order valence-corrected chi connectivity index (χ0v) is 15.2. The Labute approximate surface area is 150 Å². The first-order valence-electron chi connectivity index (χ1n) is 7.96. The number of methoxy groups -OCH3 is 2. The Bertz CT molecular complexity index is 749. The zero-order chi connectivity index (χ0) is 17.8. The van der Waals surface area contributed by atoms with E-state index in [4.69, 9.17) is 14.2 Å². The number of amides is 1. The van der Waals surface area contributed by atoms with Crippen LogP contribution in [-0.4, -0.2) is 50.4 Å². The Hall–Kier alpha value is -2.16. The van der Waals surface area contributed by atoms with Gasteiger partial charge in [-0.25, -0.2) is 4.98 Å². The number of morpholine rings is 1. The van der Waals surface area contributed by atoms with E-state index in [1.165, 1.54) is 11.3 Å². The highest BCUT2D eigenvalue weighted by molar-refractivity contribution is 7.14. The fraction of sp³-hybridized carbons (Fsp3) is 0.412. The fourth-order valence-electron chi connectivity index (χ4n) is 2.68. The summed E-state index contributed by atoms with van der Waals surface area (Å²) in [5, 5.41) is 8.42. The minimum atomic E-state index is -0.382. The third kappa shape index (κ3) is 3.92. The number of rotatable bonds is 5. The highest BCUT2D eigenvalue weighted by Crippen LogP contribution is 2.35. The molecule has 8 heteroatoms. The van der Waals surface area contributed by atoms with Crippen LogP contribution in [0.3, 0.4) is 0 Å². The molecule has 2 atom stereocenters. The molecule has 0 saturated carbocycles. The molecule has 0 spiro atoms. The topological polar surface area (TPSA) is 81.7 Å². The van der Waals surface area contributed by atoms with E-state index in [2.05, 4.69) is 15.6 Å². The third-order valence-corrected chi connectivity index (χ3v) is 4.77. The van der Waals surface area contributed by atoms with Crippen molar-refractivity contribution < 1.29 is 19.0 Å². The summed E-state index contributed by atoms with van der Waals surface area (Å²) in [6, 6.07) is 5.13. The summed E-state index contributed by atoms with van der Waals surface area (Å²) in [5.41, 5.74) is 1.53. The molecule has 134 valence electrons. The maximum absolute atomic E-state index is 12.4. The van der Waals surface area contributed by atoms with Crippen LogP contribution in [0.1, 0.15) is 6.92 Å². The number of anilines is 1. The molecule has 1 aliphatic rings. The Morgan fingerprint density at radius 1 is 1.40 bits per heavy atom. The van der Waals surface area contributed by atoms with Crippen LogP contribution in [0.25, 0.3) is 11.3 Å². The molecule has 0 bridgehead atoms. The SMILES string of the molecule is COc1ccc(OC)c(-c2csc(NC(=O)[C@H]3NCCO[C@@H]3C)n2)c1. The van der Waals surface area contributed by atoms with Gasteiger partial charge in [0.15, 0.2) is 5.13 Å². The van der Waals surface area contributed by atoms with Crippen LogP contribution in [-0.2, 0) is 9.53 Å². The molecule has 7 nitrogen and oxygen atoms in total. The van der Waals surface area contributed by atoms with Gasteiger partial charge in [0.2, 0.25) is 5.91 Å². The van der Waals surface area contributed by atoms with Crippen molar-refractivity contribution in [3.8, 4) is 22.8 Å². The summed E-state index contributed by atoms with van der Waals surface area (Å²) >= 11 is 1.36. The van der Waals surface area contributed by atoms with Crippen LogP contribution < -0.4 is 20.1 Å². The molecule has 0 unspecified atom stereocenters. The Morgan fingerprint density at radius 2 is 2.24 bits per heavy atom. The number of hydrogen-bond acceptors (Lipinski definition) is 7. The minimum absolute atomic E-state index is 0.147. The lowest BCUT2D eigenvalue weighted by Gasteiger charge is -2.28. The van der Waals surface area contributed by atoms with Gasteiger partial charge in [0.05, 0.1) is 32.6 Å². The largest absolute Gasteiger partial charge is 0.497 e. The molecule has 2 aromatic rings. The molecule has 1 aromatic carbocycles. The number of nitrogens with one attached hydrogen (secondary N) is 2. The molecular weight excluding hydrogens is 342 g/mol. The number of hydrogen-bond donors (Lipinski definition) is 2. The monoisotopic (exact) mass is 363 g/mol. The number of ether oxygens (including phenoxy) is 3. The van der Waals surface area contributed by atoms with E-state index < -0.39 is 0 Å². The summed E-state index contributed by atoms with van der Waals surface area (Å²) in [6.07, 6.45) is -0.174. The van der Waals surface area contributed by atoms with Gasteiger partial charge in [-0.3, -0.25) is 4.79 Å². The summed E-state index contributed by atoms with van der Waals surface area (Å²) in [4.78, 5) is 16.9. The molecule has 2 heterocycles. The van der Waals surface area contributed by atoms with Crippen molar-refractivity contribution in [2.45, 2.75) is 19.1 Å². The molecule has 1 amide bonds. The maximum atomic E-state index is 12.4. The predicted octanol–water partition coefficient (Wildman–Crippen LogP) is 2.14. The highest BCUT2D eigenvalue weighted by atomic mass is 32.1. The fourth-order valence-corrected chi connectivity index (χ4v) is 3.39. The molecule has 0 radical (unpaired) electrons. The molecule has 0 aliphatic carbocycles. The number of carbonyl (C=O) groups is 1. The standard InChI is InChI=1S/C17H21N3O4S/c1-10-15(18-6-7-24-10)16(21)20-17-19-13(9-25-17)12-8-11(22-2)4-5-14(12)23-3/h4-5,8-10,15,18H,6-7H2,1-3H3,(H,19,20,21)/t10-,15+/m1/s1. The van der Waals surface area contributed by atoms with Gasteiger partial charge in [-0.15, -0.1) is 11.3 Å². The molecule has 1 aliphatic heterocycles. The van der Waals surface area contributed by atoms with Crippen LogP contribution in [0.4, 0.5) is 5.13 Å². The van der Waals surface area contributed by atoms with Gasteiger partial charge in [0.25, 0.3) is 0 Å². The summed E-state index contributed by atoms with van der Waals surface area (Å²) in [5.74, 6) is 1.26. The summed E-state index contributed by atoms with van der Waals surface area (Å²) in [6.45, 7) is 3.15. The second-order valence-corrected chi connectivity index (χ2v) is 6.46. The van der Waals surface area contributed by atoms with E-state index in [1.807, 2.05) is 30.5 Å². The van der Waals surface area contributed by atoms with Crippen molar-refractivity contribution in [2.24, 2.45) is 0 Å². The molecule has 2 N–H and O–H groups in total. The Morgan fingerprint density at radius 3 is 2.96 bits per heavy atom. The predicted molar refractivity (Wildman–Crippen MR) is 96.5 cm³/mol. The normalized spacial score (nSPS) is 20.1. The van der Waals surface area contributed by atoms with Gasteiger partial charge in [-0.2, -0.15) is 0 Å².